The summed E-state index contributed by atoms with van der Waals surface area (Å²) in [5.74, 6) is 0.253. The smallest absolute Gasteiger partial charge is 0.265 e. The number of nitrogens with zero attached hydrogens (tertiary/aromatic N) is 3. The molecule has 0 saturated carbocycles. The number of rotatable bonds is 6. The molecule has 0 aromatic carbocycles. The fourth-order valence-corrected chi connectivity index (χ4v) is 3.23. The van der Waals surface area contributed by atoms with E-state index >= 15 is 0 Å². The van der Waals surface area contributed by atoms with Crippen molar-refractivity contribution < 1.29 is 4.79 Å². The first-order valence-corrected chi connectivity index (χ1v) is 8.41. The molecule has 1 aliphatic heterocycles. The van der Waals surface area contributed by atoms with E-state index in [9.17, 15) is 4.79 Å². The number of thiazole rings is 1. The molecule has 118 valence electrons. The van der Waals surface area contributed by atoms with Crippen LogP contribution in [0.5, 0.6) is 0 Å². The summed E-state index contributed by atoms with van der Waals surface area (Å²) in [5, 5.41) is 3.78. The van der Waals surface area contributed by atoms with Gasteiger partial charge in [0.15, 0.2) is 5.13 Å². The van der Waals surface area contributed by atoms with Crippen LogP contribution in [-0.4, -0.2) is 55.6 Å². The van der Waals surface area contributed by atoms with Gasteiger partial charge in [0.2, 0.25) is 0 Å². The number of nitrogens with one attached hydrogen (secondary N) is 1. The Balaban J connectivity index is 1.93. The van der Waals surface area contributed by atoms with Crippen molar-refractivity contribution in [3.05, 3.63) is 4.88 Å². The Bertz CT molecular complexity index is 468. The van der Waals surface area contributed by atoms with Gasteiger partial charge in [-0.1, -0.05) is 31.1 Å². The maximum absolute atomic E-state index is 12.1. The Morgan fingerprint density at radius 3 is 2.71 bits per heavy atom. The summed E-state index contributed by atoms with van der Waals surface area (Å²) in [5.41, 5.74) is 5.91. The van der Waals surface area contributed by atoms with Gasteiger partial charge in [0.25, 0.3) is 5.91 Å². The van der Waals surface area contributed by atoms with Gasteiger partial charge >= 0.3 is 0 Å². The first-order chi connectivity index (χ1) is 10.1. The van der Waals surface area contributed by atoms with Crippen molar-refractivity contribution in [3.8, 4) is 0 Å². The zero-order valence-corrected chi connectivity index (χ0v) is 13.7. The quantitative estimate of drug-likeness (QED) is 0.777. The number of nitrogen functional groups attached to an aromatic ring is 1. The molecule has 0 aliphatic carbocycles. The van der Waals surface area contributed by atoms with Crippen LogP contribution in [0.1, 0.15) is 35.9 Å². The fraction of sp³-hybridized carbons (Fsp3) is 0.714. The Labute approximate surface area is 130 Å². The lowest BCUT2D eigenvalue weighted by molar-refractivity contribution is 0.0957. The van der Waals surface area contributed by atoms with Crippen molar-refractivity contribution in [1.82, 2.24) is 15.2 Å². The highest BCUT2D eigenvalue weighted by atomic mass is 32.1. The normalized spacial score (nSPS) is 16.2. The first-order valence-electron chi connectivity index (χ1n) is 7.59. The highest BCUT2D eigenvalue weighted by Gasteiger charge is 2.21. The predicted molar refractivity (Wildman–Crippen MR) is 88.1 cm³/mol. The number of anilines is 2. The molecule has 2 heterocycles. The van der Waals surface area contributed by atoms with Gasteiger partial charge in [0.05, 0.1) is 0 Å². The van der Waals surface area contributed by atoms with Crippen LogP contribution < -0.4 is 16.0 Å². The molecule has 3 N–H and O–H groups in total. The standard InChI is InChI=1S/C14H25N5OS/c1-3-4-5-6-16-13(20)11-12(15)17-14(21-11)19-9-7-18(2)8-10-19/h3-10,15H2,1-2H3,(H,16,20). The summed E-state index contributed by atoms with van der Waals surface area (Å²) >= 11 is 1.40. The minimum Gasteiger partial charge on any atom is -0.382 e. The lowest BCUT2D eigenvalue weighted by atomic mass is 10.2. The lowest BCUT2D eigenvalue weighted by Crippen LogP contribution is -2.44. The van der Waals surface area contributed by atoms with Gasteiger partial charge in [-0.25, -0.2) is 4.98 Å². The average molecular weight is 311 g/mol. The number of hydrogen-bond donors (Lipinski definition) is 2. The molecule has 0 spiro atoms. The zero-order valence-electron chi connectivity index (χ0n) is 12.9. The topological polar surface area (TPSA) is 74.5 Å². The van der Waals surface area contributed by atoms with Gasteiger partial charge in [-0.15, -0.1) is 0 Å². The second-order valence-corrected chi connectivity index (χ2v) is 6.44. The van der Waals surface area contributed by atoms with Crippen LogP contribution in [0.3, 0.4) is 0 Å². The molecule has 1 saturated heterocycles. The van der Waals surface area contributed by atoms with Crippen molar-refractivity contribution in [2.45, 2.75) is 26.2 Å². The second kappa shape index (κ2) is 7.61. The third-order valence-corrected chi connectivity index (χ3v) is 4.82. The van der Waals surface area contributed by atoms with Gasteiger partial charge in [-0.05, 0) is 13.5 Å². The van der Waals surface area contributed by atoms with Gasteiger partial charge in [0.1, 0.15) is 10.7 Å². The van der Waals surface area contributed by atoms with Gasteiger partial charge in [-0.2, -0.15) is 0 Å². The molecular formula is C14H25N5OS. The molecule has 0 atom stereocenters. The second-order valence-electron chi connectivity index (χ2n) is 5.46. The molecule has 2 rings (SSSR count). The number of likely N-dealkylation sites (N-methyl/N-ethyl adjacent to an activating group) is 1. The first kappa shape index (κ1) is 16.0. The molecule has 7 heteroatoms. The van der Waals surface area contributed by atoms with E-state index < -0.39 is 0 Å². The largest absolute Gasteiger partial charge is 0.382 e. The van der Waals surface area contributed by atoms with Crippen LogP contribution in [0.2, 0.25) is 0 Å². The van der Waals surface area contributed by atoms with E-state index in [2.05, 4.69) is 34.1 Å². The molecule has 1 aliphatic rings. The maximum atomic E-state index is 12.1. The monoisotopic (exact) mass is 311 g/mol. The van der Waals surface area contributed by atoms with Crippen LogP contribution in [-0.2, 0) is 0 Å². The van der Waals surface area contributed by atoms with Crippen molar-refractivity contribution in [1.29, 1.82) is 0 Å². The number of aromatic nitrogens is 1. The minimum atomic E-state index is -0.0959. The van der Waals surface area contributed by atoms with Gasteiger partial charge in [-0.3, -0.25) is 4.79 Å². The number of piperazine rings is 1. The summed E-state index contributed by atoms with van der Waals surface area (Å²) in [6.45, 7) is 6.73. The number of hydrogen-bond acceptors (Lipinski definition) is 6. The van der Waals surface area contributed by atoms with Crippen LogP contribution in [0, 0.1) is 0 Å². The minimum absolute atomic E-state index is 0.0959. The number of nitrogens with two attached hydrogens (primary N) is 1. The highest BCUT2D eigenvalue weighted by molar-refractivity contribution is 7.18. The summed E-state index contributed by atoms with van der Waals surface area (Å²) in [6, 6.07) is 0. The number of amides is 1. The lowest BCUT2D eigenvalue weighted by Gasteiger charge is -2.31. The van der Waals surface area contributed by atoms with E-state index in [0.717, 1.165) is 50.6 Å². The van der Waals surface area contributed by atoms with Crippen molar-refractivity contribution in [2.75, 3.05) is 50.4 Å². The zero-order chi connectivity index (χ0) is 15.2. The molecule has 6 nitrogen and oxygen atoms in total. The van der Waals surface area contributed by atoms with E-state index in [0.29, 0.717) is 17.2 Å². The highest BCUT2D eigenvalue weighted by Crippen LogP contribution is 2.28. The van der Waals surface area contributed by atoms with Crippen molar-refractivity contribution >= 4 is 28.2 Å². The number of unbranched alkanes of at least 4 members (excludes halogenated alkanes) is 2. The van der Waals surface area contributed by atoms with Crippen molar-refractivity contribution in [2.24, 2.45) is 0 Å². The summed E-state index contributed by atoms with van der Waals surface area (Å²) < 4.78 is 0. The van der Waals surface area contributed by atoms with E-state index in [1.807, 2.05) is 0 Å². The van der Waals surface area contributed by atoms with Crippen LogP contribution in [0.4, 0.5) is 10.9 Å². The SMILES string of the molecule is CCCCCNC(=O)c1sc(N2CCN(C)CC2)nc1N. The third-order valence-electron chi connectivity index (χ3n) is 3.69. The molecule has 0 radical (unpaired) electrons. The Morgan fingerprint density at radius 1 is 1.33 bits per heavy atom. The van der Waals surface area contributed by atoms with E-state index in [4.69, 9.17) is 5.73 Å². The molecule has 0 bridgehead atoms. The summed E-state index contributed by atoms with van der Waals surface area (Å²) in [7, 11) is 2.11. The van der Waals surface area contributed by atoms with E-state index in [1.54, 1.807) is 0 Å². The summed E-state index contributed by atoms with van der Waals surface area (Å²) in [4.78, 5) is 21.5. The van der Waals surface area contributed by atoms with Gasteiger partial charge in [0, 0.05) is 32.7 Å². The molecule has 1 amide bonds. The van der Waals surface area contributed by atoms with Crippen LogP contribution in [0.15, 0.2) is 0 Å². The molecule has 1 fully saturated rings. The Kier molecular flexibility index (Phi) is 5.81. The fourth-order valence-electron chi connectivity index (χ4n) is 2.27. The molecule has 1 aromatic heterocycles. The van der Waals surface area contributed by atoms with Gasteiger partial charge < -0.3 is 20.9 Å². The Hall–Kier alpha value is -1.34. The number of carbonyl (C=O) groups is 1. The van der Waals surface area contributed by atoms with E-state index in [1.165, 1.54) is 11.3 Å². The maximum Gasteiger partial charge on any atom is 0.265 e. The molecular weight excluding hydrogens is 286 g/mol. The Morgan fingerprint density at radius 2 is 2.05 bits per heavy atom. The third kappa shape index (κ3) is 4.31. The summed E-state index contributed by atoms with van der Waals surface area (Å²) in [6.07, 6.45) is 3.28. The molecule has 1 aromatic rings. The van der Waals surface area contributed by atoms with Crippen LogP contribution in [0.25, 0.3) is 0 Å². The number of carbonyl (C=O) groups excluding carboxylic acids is 1. The van der Waals surface area contributed by atoms with E-state index in [-0.39, 0.29) is 5.91 Å². The molecule has 21 heavy (non-hydrogen) atoms. The van der Waals surface area contributed by atoms with Crippen molar-refractivity contribution in [3.63, 3.8) is 0 Å². The average Bonchev–Trinajstić information content (AvgIpc) is 2.86. The van der Waals surface area contributed by atoms with Crippen LogP contribution >= 0.6 is 11.3 Å². The predicted octanol–water partition coefficient (Wildman–Crippen LogP) is 1.40. The molecule has 0 unspecified atom stereocenters.